The molecule has 0 saturated carbocycles. The third kappa shape index (κ3) is 3.15. The van der Waals surface area contributed by atoms with Crippen molar-refractivity contribution in [3.8, 4) is 5.69 Å². The molecule has 2 aromatic carbocycles. The Kier molecular flexibility index (Phi) is 4.12. The highest BCUT2D eigenvalue weighted by atomic mass is 19.1. The van der Waals surface area contributed by atoms with Gasteiger partial charge in [-0.2, -0.15) is 5.10 Å². The van der Waals surface area contributed by atoms with Gasteiger partial charge in [0.15, 0.2) is 5.82 Å². The van der Waals surface area contributed by atoms with E-state index >= 15 is 0 Å². The number of carbonyl (C=O) groups is 1. The maximum absolute atomic E-state index is 14.0. The first kappa shape index (κ1) is 16.8. The summed E-state index contributed by atoms with van der Waals surface area (Å²) in [5.74, 6) is -1.45. The van der Waals surface area contributed by atoms with Crippen LogP contribution in [0.2, 0.25) is 0 Å². The van der Waals surface area contributed by atoms with E-state index in [1.807, 2.05) is 30.3 Å². The van der Waals surface area contributed by atoms with Crippen molar-refractivity contribution in [3.63, 3.8) is 0 Å². The van der Waals surface area contributed by atoms with Crippen LogP contribution in [0, 0.1) is 18.6 Å². The zero-order valence-electron chi connectivity index (χ0n) is 14.3. The van der Waals surface area contributed by atoms with Gasteiger partial charge in [-0.25, -0.2) is 18.4 Å². The molecule has 27 heavy (non-hydrogen) atoms. The van der Waals surface area contributed by atoms with Crippen LogP contribution in [0.1, 0.15) is 16.1 Å². The van der Waals surface area contributed by atoms with Crippen molar-refractivity contribution in [2.24, 2.45) is 0 Å². The number of aromatic nitrogens is 3. The summed E-state index contributed by atoms with van der Waals surface area (Å²) in [6.07, 6.45) is 1.34. The quantitative estimate of drug-likeness (QED) is 0.591. The molecule has 0 aliphatic heterocycles. The van der Waals surface area contributed by atoms with Crippen molar-refractivity contribution in [1.82, 2.24) is 14.8 Å². The summed E-state index contributed by atoms with van der Waals surface area (Å²) >= 11 is 0. The summed E-state index contributed by atoms with van der Waals surface area (Å²) in [6.45, 7) is 1.64. The highest BCUT2D eigenvalue weighted by Gasteiger charge is 2.18. The summed E-state index contributed by atoms with van der Waals surface area (Å²) in [5, 5.41) is 7.75. The number of para-hydroxylation sites is 1. The highest BCUT2D eigenvalue weighted by Crippen LogP contribution is 2.20. The van der Waals surface area contributed by atoms with Crippen LogP contribution in [0.4, 0.5) is 14.6 Å². The molecular weight excluding hydrogens is 350 g/mol. The molecule has 5 nitrogen and oxygen atoms in total. The van der Waals surface area contributed by atoms with Crippen LogP contribution in [0.25, 0.3) is 16.6 Å². The number of anilines is 1. The number of benzene rings is 2. The first-order valence-electron chi connectivity index (χ1n) is 8.20. The summed E-state index contributed by atoms with van der Waals surface area (Å²) in [5.41, 5.74) is 1.53. The van der Waals surface area contributed by atoms with Crippen LogP contribution in [0.3, 0.4) is 0 Å². The predicted octanol–water partition coefficient (Wildman–Crippen LogP) is 4.26. The number of fused-ring (bicyclic) bond motifs is 1. The van der Waals surface area contributed by atoms with Crippen LogP contribution < -0.4 is 5.32 Å². The molecule has 2 aromatic heterocycles. The van der Waals surface area contributed by atoms with Crippen molar-refractivity contribution < 1.29 is 13.6 Å². The van der Waals surface area contributed by atoms with E-state index in [9.17, 15) is 13.6 Å². The Morgan fingerprint density at radius 1 is 1.07 bits per heavy atom. The van der Waals surface area contributed by atoms with Crippen LogP contribution in [0.5, 0.6) is 0 Å². The zero-order chi connectivity index (χ0) is 19.0. The van der Waals surface area contributed by atoms with E-state index in [1.165, 1.54) is 16.9 Å². The smallest absolute Gasteiger partial charge is 0.260 e. The molecule has 0 radical (unpaired) electrons. The van der Waals surface area contributed by atoms with E-state index in [2.05, 4.69) is 15.4 Å². The standard InChI is InChI=1S/C20H14F2N4O/c1-12-15(11-23-26(12)18-8-7-14(21)10-16(18)22)20(27)25-19-9-6-13-4-2-3-5-17(13)24-19/h2-11H,1H3,(H,24,25,27). The molecule has 0 fully saturated rings. The summed E-state index contributed by atoms with van der Waals surface area (Å²) < 4.78 is 28.4. The second-order valence-corrected chi connectivity index (χ2v) is 5.99. The number of amides is 1. The molecular formula is C20H14F2N4O. The lowest BCUT2D eigenvalue weighted by atomic mass is 10.2. The third-order valence-corrected chi connectivity index (χ3v) is 4.23. The number of nitrogens with one attached hydrogen (secondary N) is 1. The molecule has 0 saturated heterocycles. The Balaban J connectivity index is 1.63. The Bertz CT molecular complexity index is 1170. The largest absolute Gasteiger partial charge is 0.306 e. The van der Waals surface area contributed by atoms with E-state index in [0.717, 1.165) is 23.0 Å². The lowest BCUT2D eigenvalue weighted by molar-refractivity contribution is 0.102. The number of nitrogens with zero attached hydrogens (tertiary/aromatic N) is 3. The molecule has 1 amide bonds. The van der Waals surface area contributed by atoms with E-state index in [0.29, 0.717) is 11.5 Å². The van der Waals surface area contributed by atoms with Crippen molar-refractivity contribution in [3.05, 3.63) is 83.7 Å². The average Bonchev–Trinajstić information content (AvgIpc) is 3.03. The number of rotatable bonds is 3. The van der Waals surface area contributed by atoms with Gasteiger partial charge in [0, 0.05) is 11.5 Å². The lowest BCUT2D eigenvalue weighted by Crippen LogP contribution is -2.14. The van der Waals surface area contributed by atoms with Gasteiger partial charge in [0.05, 0.1) is 23.0 Å². The summed E-state index contributed by atoms with van der Waals surface area (Å²) in [7, 11) is 0. The minimum atomic E-state index is -0.760. The van der Waals surface area contributed by atoms with Gasteiger partial charge < -0.3 is 5.32 Å². The van der Waals surface area contributed by atoms with Crippen LogP contribution in [0.15, 0.2) is 60.8 Å². The molecule has 4 rings (SSSR count). The van der Waals surface area contributed by atoms with Gasteiger partial charge in [-0.05, 0) is 37.3 Å². The lowest BCUT2D eigenvalue weighted by Gasteiger charge is -2.08. The van der Waals surface area contributed by atoms with Gasteiger partial charge in [0.1, 0.15) is 17.3 Å². The number of pyridine rings is 1. The molecule has 0 aliphatic carbocycles. The minimum Gasteiger partial charge on any atom is -0.306 e. The van der Waals surface area contributed by atoms with Crippen LogP contribution >= 0.6 is 0 Å². The topological polar surface area (TPSA) is 59.8 Å². The maximum Gasteiger partial charge on any atom is 0.260 e. The van der Waals surface area contributed by atoms with E-state index < -0.39 is 17.5 Å². The van der Waals surface area contributed by atoms with Gasteiger partial charge in [0.2, 0.25) is 0 Å². The number of hydrogen-bond acceptors (Lipinski definition) is 3. The fraction of sp³-hybridized carbons (Fsp3) is 0.0500. The maximum atomic E-state index is 14.0. The average molecular weight is 364 g/mol. The fourth-order valence-corrected chi connectivity index (χ4v) is 2.85. The molecule has 2 heterocycles. The van der Waals surface area contributed by atoms with Gasteiger partial charge in [-0.15, -0.1) is 0 Å². The molecule has 0 atom stereocenters. The van der Waals surface area contributed by atoms with E-state index in [-0.39, 0.29) is 11.3 Å². The molecule has 0 spiro atoms. The van der Waals surface area contributed by atoms with Crippen LogP contribution in [-0.4, -0.2) is 20.7 Å². The zero-order valence-corrected chi connectivity index (χ0v) is 14.3. The van der Waals surface area contributed by atoms with Crippen molar-refractivity contribution >= 4 is 22.6 Å². The van der Waals surface area contributed by atoms with Gasteiger partial charge in [-0.1, -0.05) is 18.2 Å². The fourth-order valence-electron chi connectivity index (χ4n) is 2.85. The first-order valence-corrected chi connectivity index (χ1v) is 8.20. The Morgan fingerprint density at radius 2 is 1.89 bits per heavy atom. The number of halogens is 2. The Labute approximate surface area is 153 Å². The van der Waals surface area contributed by atoms with Gasteiger partial charge >= 0.3 is 0 Å². The van der Waals surface area contributed by atoms with Crippen molar-refractivity contribution in [2.45, 2.75) is 6.92 Å². The Morgan fingerprint density at radius 3 is 2.70 bits per heavy atom. The summed E-state index contributed by atoms with van der Waals surface area (Å²) in [4.78, 5) is 17.0. The number of carbonyl (C=O) groups excluding carboxylic acids is 1. The SMILES string of the molecule is Cc1c(C(=O)Nc2ccc3ccccc3n2)cnn1-c1ccc(F)cc1F. The third-order valence-electron chi connectivity index (χ3n) is 4.23. The van der Waals surface area contributed by atoms with Gasteiger partial charge in [-0.3, -0.25) is 4.79 Å². The van der Waals surface area contributed by atoms with E-state index in [4.69, 9.17) is 0 Å². The molecule has 1 N–H and O–H groups in total. The second kappa shape index (κ2) is 6.60. The van der Waals surface area contributed by atoms with Crippen LogP contribution in [-0.2, 0) is 0 Å². The molecule has 134 valence electrons. The normalized spacial score (nSPS) is 10.9. The number of hydrogen-bond donors (Lipinski definition) is 1. The summed E-state index contributed by atoms with van der Waals surface area (Å²) in [6, 6.07) is 14.3. The molecule has 7 heteroatoms. The van der Waals surface area contributed by atoms with Crippen molar-refractivity contribution in [2.75, 3.05) is 5.32 Å². The minimum absolute atomic E-state index is 0.0665. The first-order chi connectivity index (χ1) is 13.0. The van der Waals surface area contributed by atoms with Gasteiger partial charge in [0.25, 0.3) is 5.91 Å². The molecule has 0 bridgehead atoms. The monoisotopic (exact) mass is 364 g/mol. The highest BCUT2D eigenvalue weighted by molar-refractivity contribution is 6.04. The molecule has 0 aliphatic rings. The predicted molar refractivity (Wildman–Crippen MR) is 97.9 cm³/mol. The van der Waals surface area contributed by atoms with E-state index in [1.54, 1.807) is 13.0 Å². The van der Waals surface area contributed by atoms with Crippen molar-refractivity contribution in [1.29, 1.82) is 0 Å². The second-order valence-electron chi connectivity index (χ2n) is 5.99. The molecule has 0 unspecified atom stereocenters. The Hall–Kier alpha value is -3.61. The molecule has 4 aromatic rings.